The number of aliphatic hydroxyl groups is 1. The minimum absolute atomic E-state index is 0.0303. The molecule has 3 atom stereocenters. The number of hydrogen-bond acceptors (Lipinski definition) is 6. The number of ether oxygens (including phenoxy) is 2. The molecule has 0 amide bonds. The lowest BCUT2D eigenvalue weighted by Gasteiger charge is -2.31. The molecule has 26 heavy (non-hydrogen) atoms. The summed E-state index contributed by atoms with van der Waals surface area (Å²) in [5, 5.41) is 30.2. The van der Waals surface area contributed by atoms with Crippen LogP contribution < -0.4 is 9.47 Å². The molecule has 6 heteroatoms. The third kappa shape index (κ3) is 2.42. The molecule has 2 aliphatic heterocycles. The van der Waals surface area contributed by atoms with Crippen LogP contribution in [0.5, 0.6) is 23.0 Å². The van der Waals surface area contributed by atoms with E-state index in [0.29, 0.717) is 23.3 Å². The molecule has 0 saturated heterocycles. The Morgan fingerprint density at radius 2 is 1.88 bits per heavy atom. The summed E-state index contributed by atoms with van der Waals surface area (Å²) in [6, 6.07) is 7.46. The smallest absolute Gasteiger partial charge is 0.202 e. The maximum Gasteiger partial charge on any atom is 0.202 e. The molecule has 4 rings (SSSR count). The molecule has 0 aromatic heterocycles. The Bertz CT molecular complexity index is 915. The van der Waals surface area contributed by atoms with Crippen LogP contribution in [0.4, 0.5) is 0 Å². The molecule has 0 spiro atoms. The number of phenols is 2. The van der Waals surface area contributed by atoms with Gasteiger partial charge in [-0.15, -0.1) is 0 Å². The number of fused-ring (bicyclic) bond motifs is 3. The highest BCUT2D eigenvalue weighted by molar-refractivity contribution is 6.06. The number of carbonyl (C=O) groups is 1. The van der Waals surface area contributed by atoms with Crippen molar-refractivity contribution < 1.29 is 29.6 Å². The lowest BCUT2D eigenvalue weighted by molar-refractivity contribution is 0.0208. The molecule has 2 aliphatic rings. The first kappa shape index (κ1) is 16.5. The normalized spacial score (nSPS) is 23.6. The summed E-state index contributed by atoms with van der Waals surface area (Å²) in [5.41, 5.74) is 2.01. The van der Waals surface area contributed by atoms with Crippen molar-refractivity contribution in [3.05, 3.63) is 59.2 Å². The summed E-state index contributed by atoms with van der Waals surface area (Å²) in [6.45, 7) is 5.74. The molecule has 6 nitrogen and oxygen atoms in total. The maximum atomic E-state index is 12.7. The molecule has 3 N–H and O–H groups in total. The van der Waals surface area contributed by atoms with Crippen molar-refractivity contribution in [1.29, 1.82) is 0 Å². The van der Waals surface area contributed by atoms with Gasteiger partial charge >= 0.3 is 0 Å². The number of hydrogen-bond donors (Lipinski definition) is 3. The highest BCUT2D eigenvalue weighted by Gasteiger charge is 2.42. The van der Waals surface area contributed by atoms with E-state index in [1.807, 2.05) is 6.92 Å². The second-order valence-electron chi connectivity index (χ2n) is 6.67. The van der Waals surface area contributed by atoms with Crippen LogP contribution in [0.25, 0.3) is 0 Å². The maximum absolute atomic E-state index is 12.7. The van der Waals surface area contributed by atoms with Gasteiger partial charge in [0, 0.05) is 18.1 Å². The zero-order valence-electron chi connectivity index (χ0n) is 14.1. The highest BCUT2D eigenvalue weighted by Crippen LogP contribution is 2.49. The van der Waals surface area contributed by atoms with Gasteiger partial charge in [0.25, 0.3) is 0 Å². The van der Waals surface area contributed by atoms with E-state index in [9.17, 15) is 20.1 Å². The van der Waals surface area contributed by atoms with Gasteiger partial charge in [-0.05, 0) is 30.2 Å². The van der Waals surface area contributed by atoms with Gasteiger partial charge in [-0.2, -0.15) is 0 Å². The van der Waals surface area contributed by atoms with Crippen LogP contribution in [0.3, 0.4) is 0 Å². The zero-order valence-corrected chi connectivity index (χ0v) is 14.1. The second-order valence-corrected chi connectivity index (χ2v) is 6.67. The minimum atomic E-state index is -1.46. The van der Waals surface area contributed by atoms with Gasteiger partial charge in [-0.3, -0.25) is 4.79 Å². The van der Waals surface area contributed by atoms with Crippen molar-refractivity contribution in [3.63, 3.8) is 0 Å². The van der Waals surface area contributed by atoms with Crippen LogP contribution in [-0.2, 0) is 6.42 Å². The standard InChI is InChI=1S/C20H18O6/c1-9(2)14-7-12-15(25-14)8-13(22)16-17(23)18(24)19(26-20(12)16)10-3-5-11(21)6-4-10/h3-6,8,14,18-19,21-22,24H,1,7H2,2H3/t14-,18-,19-/m1/s1. The molecule has 2 heterocycles. The lowest BCUT2D eigenvalue weighted by Crippen LogP contribution is -2.36. The number of rotatable bonds is 2. The zero-order chi connectivity index (χ0) is 18.6. The molecule has 0 saturated carbocycles. The van der Waals surface area contributed by atoms with E-state index >= 15 is 0 Å². The molecular formula is C20H18O6. The predicted octanol–water partition coefficient (Wildman–Crippen LogP) is 2.65. The SMILES string of the molecule is C=C(C)[C@H]1Cc2c(cc(O)c3c2O[C@H](c2ccc(O)cc2)[C@H](O)C3=O)O1. The van der Waals surface area contributed by atoms with E-state index in [0.717, 1.165) is 5.57 Å². The van der Waals surface area contributed by atoms with Gasteiger partial charge < -0.3 is 24.8 Å². The van der Waals surface area contributed by atoms with Crippen molar-refractivity contribution in [2.75, 3.05) is 0 Å². The first-order valence-electron chi connectivity index (χ1n) is 8.25. The average Bonchev–Trinajstić information content (AvgIpc) is 3.02. The Morgan fingerprint density at radius 1 is 1.19 bits per heavy atom. The molecule has 0 fully saturated rings. The minimum Gasteiger partial charge on any atom is -0.508 e. The Hall–Kier alpha value is -2.99. The molecular weight excluding hydrogens is 336 g/mol. The van der Waals surface area contributed by atoms with E-state index in [1.54, 1.807) is 12.1 Å². The summed E-state index contributed by atoms with van der Waals surface area (Å²) >= 11 is 0. The topological polar surface area (TPSA) is 96.2 Å². The summed E-state index contributed by atoms with van der Waals surface area (Å²) in [5.74, 6) is -0.139. The van der Waals surface area contributed by atoms with E-state index in [2.05, 4.69) is 6.58 Å². The van der Waals surface area contributed by atoms with E-state index < -0.39 is 18.0 Å². The summed E-state index contributed by atoms with van der Waals surface area (Å²) in [6.07, 6.45) is -2.19. The van der Waals surface area contributed by atoms with Crippen LogP contribution in [0, 0.1) is 0 Å². The number of aliphatic hydroxyl groups excluding tert-OH is 1. The Labute approximate surface area is 149 Å². The molecule has 2 aromatic rings. The Morgan fingerprint density at radius 3 is 2.54 bits per heavy atom. The lowest BCUT2D eigenvalue weighted by atomic mass is 9.90. The third-order valence-electron chi connectivity index (χ3n) is 4.80. The van der Waals surface area contributed by atoms with Crippen LogP contribution >= 0.6 is 0 Å². The number of Topliss-reactive ketones (excluding diaryl/α,β-unsaturated/α-hetero) is 1. The average molecular weight is 354 g/mol. The molecule has 0 bridgehead atoms. The first-order valence-corrected chi connectivity index (χ1v) is 8.25. The number of ketones is 1. The van der Waals surface area contributed by atoms with Crippen LogP contribution in [-0.4, -0.2) is 33.3 Å². The molecule has 134 valence electrons. The molecule has 0 radical (unpaired) electrons. The van der Waals surface area contributed by atoms with Crippen LogP contribution in [0.15, 0.2) is 42.5 Å². The van der Waals surface area contributed by atoms with Gasteiger partial charge in [0.05, 0.1) is 0 Å². The molecule has 0 aliphatic carbocycles. The van der Waals surface area contributed by atoms with E-state index in [-0.39, 0.29) is 28.9 Å². The number of aromatic hydroxyl groups is 2. The van der Waals surface area contributed by atoms with Gasteiger partial charge in [-0.25, -0.2) is 0 Å². The van der Waals surface area contributed by atoms with Crippen molar-refractivity contribution in [2.45, 2.75) is 31.7 Å². The largest absolute Gasteiger partial charge is 0.508 e. The van der Waals surface area contributed by atoms with Gasteiger partial charge in [0.2, 0.25) is 5.78 Å². The second kappa shape index (κ2) is 5.78. The number of benzene rings is 2. The third-order valence-corrected chi connectivity index (χ3v) is 4.80. The number of carbonyl (C=O) groups excluding carboxylic acids is 1. The quantitative estimate of drug-likeness (QED) is 0.718. The number of phenolic OH excluding ortho intramolecular Hbond substituents is 2. The van der Waals surface area contributed by atoms with Crippen molar-refractivity contribution in [3.8, 4) is 23.0 Å². The van der Waals surface area contributed by atoms with E-state index in [4.69, 9.17) is 9.47 Å². The Kier molecular flexibility index (Phi) is 3.66. The first-order chi connectivity index (χ1) is 12.4. The van der Waals surface area contributed by atoms with Crippen LogP contribution in [0.2, 0.25) is 0 Å². The summed E-state index contributed by atoms with van der Waals surface area (Å²) in [7, 11) is 0. The van der Waals surface area contributed by atoms with Crippen molar-refractivity contribution in [1.82, 2.24) is 0 Å². The fourth-order valence-electron chi connectivity index (χ4n) is 3.38. The monoisotopic (exact) mass is 354 g/mol. The van der Waals surface area contributed by atoms with E-state index in [1.165, 1.54) is 18.2 Å². The molecule has 0 unspecified atom stereocenters. The van der Waals surface area contributed by atoms with Gasteiger partial charge in [0.1, 0.15) is 34.7 Å². The van der Waals surface area contributed by atoms with Crippen molar-refractivity contribution in [2.24, 2.45) is 0 Å². The fourth-order valence-corrected chi connectivity index (χ4v) is 3.38. The fraction of sp³-hybridized carbons (Fsp3) is 0.250. The van der Waals surface area contributed by atoms with Crippen molar-refractivity contribution >= 4 is 5.78 Å². The highest BCUT2D eigenvalue weighted by atomic mass is 16.5. The van der Waals surface area contributed by atoms with Gasteiger partial charge in [-0.1, -0.05) is 18.7 Å². The van der Waals surface area contributed by atoms with Gasteiger partial charge in [0.15, 0.2) is 12.2 Å². The molecule has 2 aromatic carbocycles. The Balaban J connectivity index is 1.81. The predicted molar refractivity (Wildman–Crippen MR) is 92.9 cm³/mol. The summed E-state index contributed by atoms with van der Waals surface area (Å²) < 4.78 is 11.8. The summed E-state index contributed by atoms with van der Waals surface area (Å²) in [4.78, 5) is 12.7. The van der Waals surface area contributed by atoms with Crippen LogP contribution in [0.1, 0.15) is 34.5 Å².